The third-order valence-electron chi connectivity index (χ3n) is 3.32. The van der Waals surface area contributed by atoms with Crippen LogP contribution in [0.4, 0.5) is 0 Å². The van der Waals surface area contributed by atoms with Gasteiger partial charge >= 0.3 is 29.8 Å². The number of unbranched alkanes of at least 4 members (excludes halogenated alkanes) is 5. The molecule has 0 aromatic rings. The fourth-order valence-corrected chi connectivity index (χ4v) is 1.97. The van der Waals surface area contributed by atoms with E-state index in [2.05, 4.69) is 0 Å². The van der Waals surface area contributed by atoms with Crippen LogP contribution >= 0.6 is 0 Å². The van der Waals surface area contributed by atoms with Crippen molar-refractivity contribution in [3.05, 3.63) is 0 Å². The molecule has 156 valence electrons. The average molecular weight is 394 g/mol. The highest BCUT2D eigenvalue weighted by Crippen LogP contribution is 2.15. The van der Waals surface area contributed by atoms with Gasteiger partial charge in [0, 0.05) is 12.8 Å². The molecule has 0 rings (SSSR count). The van der Waals surface area contributed by atoms with Crippen LogP contribution in [0.2, 0.25) is 0 Å². The van der Waals surface area contributed by atoms with Crippen LogP contribution in [0, 0.1) is 0 Å². The van der Waals surface area contributed by atoms with E-state index in [4.69, 9.17) is 30.6 Å². The third-order valence-corrected chi connectivity index (χ3v) is 3.32. The highest BCUT2D eigenvalue weighted by molar-refractivity contribution is 5.88. The molecule has 0 unspecified atom stereocenters. The number of rotatable bonds is 14. The number of hydrogen-bond acceptors (Lipinski definition) is 6. The van der Waals surface area contributed by atoms with Crippen molar-refractivity contribution in [3.8, 4) is 0 Å². The molecule has 11 heteroatoms. The van der Waals surface area contributed by atoms with Gasteiger partial charge in [0.05, 0.1) is 12.8 Å². The van der Waals surface area contributed by atoms with E-state index >= 15 is 0 Å². The molecule has 0 amide bonds. The molecule has 0 aromatic carbocycles. The first-order valence-corrected chi connectivity index (χ1v) is 8.23. The highest BCUT2D eigenvalue weighted by Gasteiger charge is 2.40. The van der Waals surface area contributed by atoms with Gasteiger partial charge in [-0.2, -0.15) is 0 Å². The fourth-order valence-electron chi connectivity index (χ4n) is 1.97. The van der Waals surface area contributed by atoms with E-state index < -0.39 is 48.3 Å². The van der Waals surface area contributed by atoms with Crippen molar-refractivity contribution in [2.24, 2.45) is 0 Å². The molecule has 0 aliphatic rings. The summed E-state index contributed by atoms with van der Waals surface area (Å²) in [5.74, 6) is -6.50. The molecular formula is C16H26O11. The first-order chi connectivity index (χ1) is 12.4. The molecule has 6 N–H and O–H groups in total. The van der Waals surface area contributed by atoms with Gasteiger partial charge in [0.1, 0.15) is 0 Å². The summed E-state index contributed by atoms with van der Waals surface area (Å²) in [6.45, 7) is 0. The summed E-state index contributed by atoms with van der Waals surface area (Å²) < 4.78 is 0. The van der Waals surface area contributed by atoms with E-state index in [1.807, 2.05) is 0 Å². The van der Waals surface area contributed by atoms with Crippen molar-refractivity contribution >= 4 is 29.8 Å². The fraction of sp³-hybridized carbons (Fsp3) is 0.688. The normalized spacial score (nSPS) is 10.4. The van der Waals surface area contributed by atoms with E-state index in [-0.39, 0.29) is 12.8 Å². The van der Waals surface area contributed by atoms with E-state index in [1.165, 1.54) is 0 Å². The molecule has 27 heavy (non-hydrogen) atoms. The van der Waals surface area contributed by atoms with Gasteiger partial charge in [-0.1, -0.05) is 25.7 Å². The van der Waals surface area contributed by atoms with Crippen molar-refractivity contribution < 1.29 is 54.6 Å². The summed E-state index contributed by atoms with van der Waals surface area (Å²) in [5.41, 5.74) is -2.74. The average Bonchev–Trinajstić information content (AvgIpc) is 2.48. The summed E-state index contributed by atoms with van der Waals surface area (Å²) in [4.78, 5) is 50.8. The number of aliphatic hydroxyl groups is 1. The highest BCUT2D eigenvalue weighted by atomic mass is 16.4. The minimum Gasteiger partial charge on any atom is -0.481 e. The van der Waals surface area contributed by atoms with Crippen LogP contribution in [-0.2, 0) is 24.0 Å². The largest absolute Gasteiger partial charge is 0.481 e. The summed E-state index contributed by atoms with van der Waals surface area (Å²) >= 11 is 0. The lowest BCUT2D eigenvalue weighted by atomic mass is 9.96. The second kappa shape index (κ2) is 14.5. The smallest absolute Gasteiger partial charge is 0.336 e. The van der Waals surface area contributed by atoms with E-state index in [9.17, 15) is 24.0 Å². The van der Waals surface area contributed by atoms with Crippen LogP contribution < -0.4 is 0 Å². The molecule has 0 aromatic heterocycles. The van der Waals surface area contributed by atoms with Gasteiger partial charge in [0.2, 0.25) is 0 Å². The van der Waals surface area contributed by atoms with Gasteiger partial charge < -0.3 is 30.6 Å². The molecule has 0 saturated carbocycles. The van der Waals surface area contributed by atoms with Crippen molar-refractivity contribution in [2.45, 2.75) is 69.8 Å². The van der Waals surface area contributed by atoms with Crippen molar-refractivity contribution in [1.29, 1.82) is 0 Å². The molecule has 0 saturated heterocycles. The predicted molar refractivity (Wildman–Crippen MR) is 89.3 cm³/mol. The maximum Gasteiger partial charge on any atom is 0.336 e. The van der Waals surface area contributed by atoms with E-state index in [0.717, 1.165) is 38.5 Å². The Hall–Kier alpha value is -2.69. The minimum absolute atomic E-state index is 0.245. The lowest BCUT2D eigenvalue weighted by Crippen LogP contribution is -2.42. The van der Waals surface area contributed by atoms with Crippen molar-refractivity contribution in [3.63, 3.8) is 0 Å². The maximum absolute atomic E-state index is 10.3. The zero-order valence-electron chi connectivity index (χ0n) is 14.8. The third kappa shape index (κ3) is 17.9. The summed E-state index contributed by atoms with van der Waals surface area (Å²) in [6.07, 6.45) is 3.54. The first-order valence-electron chi connectivity index (χ1n) is 8.23. The number of aliphatic carboxylic acids is 5. The Morgan fingerprint density at radius 3 is 1.04 bits per heavy atom. The zero-order chi connectivity index (χ0) is 21.5. The topological polar surface area (TPSA) is 207 Å². The van der Waals surface area contributed by atoms with Gasteiger partial charge in [-0.25, -0.2) is 4.79 Å². The van der Waals surface area contributed by atoms with Gasteiger partial charge in [-0.15, -0.1) is 0 Å². The van der Waals surface area contributed by atoms with Crippen molar-refractivity contribution in [2.75, 3.05) is 0 Å². The van der Waals surface area contributed by atoms with Gasteiger partial charge in [-0.3, -0.25) is 19.2 Å². The second-order valence-corrected chi connectivity index (χ2v) is 5.89. The summed E-state index contributed by atoms with van der Waals surface area (Å²) in [6, 6.07) is 0. The molecule has 11 nitrogen and oxygen atoms in total. The van der Waals surface area contributed by atoms with Crippen LogP contribution in [-0.4, -0.2) is 66.1 Å². The molecule has 0 radical (unpaired) electrons. The Kier molecular flexibility index (Phi) is 14.2. The Morgan fingerprint density at radius 1 is 0.519 bits per heavy atom. The van der Waals surface area contributed by atoms with Gasteiger partial charge in [0.25, 0.3) is 0 Å². The van der Waals surface area contributed by atoms with Crippen LogP contribution in [0.1, 0.15) is 64.2 Å². The van der Waals surface area contributed by atoms with E-state index in [1.54, 1.807) is 0 Å². The molecule has 0 aliphatic heterocycles. The second-order valence-electron chi connectivity index (χ2n) is 5.89. The van der Waals surface area contributed by atoms with Crippen LogP contribution in [0.25, 0.3) is 0 Å². The van der Waals surface area contributed by atoms with Crippen molar-refractivity contribution in [1.82, 2.24) is 0 Å². The Labute approximate surface area is 155 Å². The minimum atomic E-state index is -2.74. The van der Waals surface area contributed by atoms with Crippen LogP contribution in [0.3, 0.4) is 0 Å². The van der Waals surface area contributed by atoms with Crippen LogP contribution in [0.5, 0.6) is 0 Å². The molecule has 0 heterocycles. The Bertz CT molecular complexity index is 476. The lowest BCUT2D eigenvalue weighted by Gasteiger charge is -2.18. The number of carboxylic acid groups (broad SMARTS) is 5. The van der Waals surface area contributed by atoms with Gasteiger partial charge in [0.15, 0.2) is 5.60 Å². The summed E-state index contributed by atoms with van der Waals surface area (Å²) in [5, 5.41) is 50.5. The predicted octanol–water partition coefficient (Wildman–Crippen LogP) is 1.03. The monoisotopic (exact) mass is 394 g/mol. The molecule has 0 spiro atoms. The molecular weight excluding hydrogens is 368 g/mol. The van der Waals surface area contributed by atoms with E-state index in [0.29, 0.717) is 0 Å². The maximum atomic E-state index is 10.3. The molecule has 0 bridgehead atoms. The Morgan fingerprint density at radius 2 is 0.815 bits per heavy atom. The summed E-state index contributed by atoms with van der Waals surface area (Å²) in [7, 11) is 0. The Balaban J connectivity index is 0. The lowest BCUT2D eigenvalue weighted by molar-refractivity contribution is -0.170. The number of carbonyl (C=O) groups is 5. The number of carboxylic acids is 5. The first kappa shape index (κ1) is 26.5. The quantitative estimate of drug-likeness (QED) is 0.229. The zero-order valence-corrected chi connectivity index (χ0v) is 14.8. The molecule has 0 atom stereocenters. The molecule has 0 aliphatic carbocycles. The van der Waals surface area contributed by atoms with Gasteiger partial charge in [-0.05, 0) is 12.8 Å². The van der Waals surface area contributed by atoms with Crippen LogP contribution in [0.15, 0.2) is 0 Å². The number of hydrogen-bond donors (Lipinski definition) is 6. The molecule has 0 fully saturated rings. The SMILES string of the molecule is O=C(O)CC(O)(CC(=O)O)C(=O)O.O=C(O)CCCCCCCCC(=O)O. The standard InChI is InChI=1S/C10H18O4.C6H8O7/c11-9(12)7-5-3-1-2-4-6-8-10(13)14;7-3(8)1-6(13,5(11)12)2-4(9)10/h1-8H2,(H,11,12)(H,13,14);13H,1-2H2,(H,7,8)(H,9,10)(H,11,12).